The van der Waals surface area contributed by atoms with Crippen LogP contribution in [0.2, 0.25) is 0 Å². The third kappa shape index (κ3) is 4.88. The van der Waals surface area contributed by atoms with Crippen molar-refractivity contribution in [2.75, 3.05) is 13.6 Å². The quantitative estimate of drug-likeness (QED) is 0.684. The minimum Gasteiger partial charge on any atom is -0.349 e. The predicted molar refractivity (Wildman–Crippen MR) is 100 cm³/mol. The zero-order valence-electron chi connectivity index (χ0n) is 14.4. The Kier molecular flexibility index (Phi) is 6.34. The number of thiophene rings is 1. The molecule has 0 aliphatic rings. The summed E-state index contributed by atoms with van der Waals surface area (Å²) in [4.78, 5) is 12.6. The smallest absolute Gasteiger partial charge is 0.261 e. The van der Waals surface area contributed by atoms with Crippen molar-refractivity contribution in [2.24, 2.45) is 5.73 Å². The van der Waals surface area contributed by atoms with E-state index < -0.39 is 10.0 Å². The van der Waals surface area contributed by atoms with E-state index in [1.54, 1.807) is 0 Å². The Labute approximate surface area is 152 Å². The topological polar surface area (TPSA) is 101 Å². The normalized spacial score (nSPS) is 13.0. The van der Waals surface area contributed by atoms with Crippen molar-refractivity contribution in [1.29, 1.82) is 0 Å². The molecule has 0 spiro atoms. The summed E-state index contributed by atoms with van der Waals surface area (Å²) < 4.78 is 25.6. The van der Waals surface area contributed by atoms with E-state index in [2.05, 4.69) is 23.9 Å². The number of sulfonamides is 1. The van der Waals surface area contributed by atoms with Crippen LogP contribution in [0.1, 0.15) is 46.6 Å². The second-order valence-electron chi connectivity index (χ2n) is 5.99. The van der Waals surface area contributed by atoms with Gasteiger partial charge >= 0.3 is 0 Å². The van der Waals surface area contributed by atoms with Crippen LogP contribution in [0, 0.1) is 0 Å². The first-order valence-corrected chi connectivity index (χ1v) is 10.3. The van der Waals surface area contributed by atoms with Crippen LogP contribution in [0.5, 0.6) is 0 Å². The standard InChI is InChI=1S/C17H23N3O3S2/c1-11(2)12-4-6-13(7-5-12)15(18)9-20-17(21)16-8-14(10-24-16)25(22,23)19-3/h4-8,10-11,15,19H,9,18H2,1-3H3,(H,20,21). The van der Waals surface area contributed by atoms with Crippen molar-refractivity contribution in [1.82, 2.24) is 10.0 Å². The Bertz CT molecular complexity index is 827. The molecule has 2 aromatic rings. The van der Waals surface area contributed by atoms with Crippen molar-refractivity contribution < 1.29 is 13.2 Å². The van der Waals surface area contributed by atoms with E-state index >= 15 is 0 Å². The van der Waals surface area contributed by atoms with Gasteiger partial charge in [0.1, 0.15) is 0 Å². The lowest BCUT2D eigenvalue weighted by Gasteiger charge is -2.14. The zero-order valence-corrected chi connectivity index (χ0v) is 16.1. The number of carbonyl (C=O) groups excluding carboxylic acids is 1. The van der Waals surface area contributed by atoms with Gasteiger partial charge in [0.2, 0.25) is 10.0 Å². The molecule has 136 valence electrons. The zero-order chi connectivity index (χ0) is 18.6. The van der Waals surface area contributed by atoms with E-state index in [-0.39, 0.29) is 23.4 Å². The van der Waals surface area contributed by atoms with E-state index in [1.165, 1.54) is 24.1 Å². The molecule has 8 heteroatoms. The third-order valence-corrected chi connectivity index (χ3v) is 6.36. The van der Waals surface area contributed by atoms with E-state index in [0.717, 1.165) is 16.9 Å². The molecule has 2 rings (SSSR count). The number of nitrogens with one attached hydrogen (secondary N) is 2. The van der Waals surface area contributed by atoms with Crippen molar-refractivity contribution in [3.63, 3.8) is 0 Å². The molecule has 6 nitrogen and oxygen atoms in total. The van der Waals surface area contributed by atoms with Crippen LogP contribution in [0.4, 0.5) is 0 Å². The summed E-state index contributed by atoms with van der Waals surface area (Å²) in [7, 11) is -2.21. The summed E-state index contributed by atoms with van der Waals surface area (Å²) in [5.41, 5.74) is 8.30. The Morgan fingerprint density at radius 3 is 2.36 bits per heavy atom. The monoisotopic (exact) mass is 381 g/mol. The van der Waals surface area contributed by atoms with Gasteiger partial charge in [-0.3, -0.25) is 4.79 Å². The number of amides is 1. The van der Waals surface area contributed by atoms with Gasteiger partial charge in [0.25, 0.3) is 5.91 Å². The Morgan fingerprint density at radius 1 is 1.20 bits per heavy atom. The van der Waals surface area contributed by atoms with Crippen molar-refractivity contribution in [2.45, 2.75) is 30.7 Å². The summed E-state index contributed by atoms with van der Waals surface area (Å²) in [6.07, 6.45) is 0. The van der Waals surface area contributed by atoms with Crippen LogP contribution in [-0.4, -0.2) is 27.9 Å². The number of rotatable bonds is 7. The highest BCUT2D eigenvalue weighted by molar-refractivity contribution is 7.89. The largest absolute Gasteiger partial charge is 0.349 e. The fraction of sp³-hybridized carbons (Fsp3) is 0.353. The summed E-state index contributed by atoms with van der Waals surface area (Å²) in [5, 5.41) is 4.18. The van der Waals surface area contributed by atoms with Crippen molar-refractivity contribution in [3.8, 4) is 0 Å². The Balaban J connectivity index is 1.97. The number of benzene rings is 1. The molecule has 0 aliphatic heterocycles. The molecule has 1 unspecified atom stereocenters. The van der Waals surface area contributed by atoms with Crippen LogP contribution in [0.3, 0.4) is 0 Å². The predicted octanol–water partition coefficient (Wildman–Crippen LogP) is 2.21. The van der Waals surface area contributed by atoms with Crippen LogP contribution < -0.4 is 15.8 Å². The van der Waals surface area contributed by atoms with Gasteiger partial charge in [-0.1, -0.05) is 38.1 Å². The molecule has 0 fully saturated rings. The minimum absolute atomic E-state index is 0.0822. The van der Waals surface area contributed by atoms with Gasteiger partial charge in [-0.2, -0.15) is 0 Å². The van der Waals surface area contributed by atoms with Gasteiger partial charge in [0, 0.05) is 18.0 Å². The maximum absolute atomic E-state index is 12.2. The van der Waals surface area contributed by atoms with Gasteiger partial charge in [-0.05, 0) is 30.2 Å². The molecule has 1 heterocycles. The fourth-order valence-electron chi connectivity index (χ4n) is 2.23. The van der Waals surface area contributed by atoms with Gasteiger partial charge < -0.3 is 11.1 Å². The highest BCUT2D eigenvalue weighted by atomic mass is 32.2. The van der Waals surface area contributed by atoms with Gasteiger partial charge in [0.05, 0.1) is 9.77 Å². The first-order valence-electron chi connectivity index (χ1n) is 7.90. The molecule has 0 radical (unpaired) electrons. The maximum Gasteiger partial charge on any atom is 0.261 e. The lowest BCUT2D eigenvalue weighted by atomic mass is 9.99. The second-order valence-corrected chi connectivity index (χ2v) is 8.79. The second kappa shape index (κ2) is 8.09. The molecule has 1 aromatic carbocycles. The molecule has 4 N–H and O–H groups in total. The summed E-state index contributed by atoms with van der Waals surface area (Å²) in [5.74, 6) is 0.115. The van der Waals surface area contributed by atoms with E-state index in [9.17, 15) is 13.2 Å². The molecule has 25 heavy (non-hydrogen) atoms. The molecule has 1 amide bonds. The third-order valence-electron chi connectivity index (χ3n) is 3.89. The molecular weight excluding hydrogens is 358 g/mol. The van der Waals surface area contributed by atoms with E-state index in [0.29, 0.717) is 10.8 Å². The van der Waals surface area contributed by atoms with Gasteiger partial charge in [-0.25, -0.2) is 13.1 Å². The first kappa shape index (κ1) is 19.6. The molecular formula is C17H23N3O3S2. The minimum atomic E-state index is -3.54. The highest BCUT2D eigenvalue weighted by Gasteiger charge is 2.17. The Hall–Kier alpha value is -1.74. The molecule has 0 saturated heterocycles. The van der Waals surface area contributed by atoms with Crippen molar-refractivity contribution >= 4 is 27.3 Å². The number of carbonyl (C=O) groups is 1. The van der Waals surface area contributed by atoms with Gasteiger partial charge in [-0.15, -0.1) is 11.3 Å². The van der Waals surface area contributed by atoms with Crippen LogP contribution in [-0.2, 0) is 10.0 Å². The molecule has 0 aliphatic carbocycles. The lowest BCUT2D eigenvalue weighted by molar-refractivity contribution is 0.0955. The highest BCUT2D eigenvalue weighted by Crippen LogP contribution is 2.20. The summed E-state index contributed by atoms with van der Waals surface area (Å²) >= 11 is 1.08. The lowest BCUT2D eigenvalue weighted by Crippen LogP contribution is -2.31. The number of nitrogens with two attached hydrogens (primary N) is 1. The van der Waals surface area contributed by atoms with Crippen LogP contribution in [0.15, 0.2) is 40.6 Å². The van der Waals surface area contributed by atoms with Gasteiger partial charge in [0.15, 0.2) is 0 Å². The number of hydrogen-bond donors (Lipinski definition) is 3. The maximum atomic E-state index is 12.2. The SMILES string of the molecule is CNS(=O)(=O)c1csc(C(=O)NCC(N)c2ccc(C(C)C)cc2)c1. The molecule has 0 bridgehead atoms. The van der Waals surface area contributed by atoms with Crippen molar-refractivity contribution in [3.05, 3.63) is 51.7 Å². The first-order chi connectivity index (χ1) is 11.7. The number of hydrogen-bond acceptors (Lipinski definition) is 5. The van der Waals surface area contributed by atoms with Crippen LogP contribution >= 0.6 is 11.3 Å². The summed E-state index contributed by atoms with van der Waals surface area (Å²) in [6.45, 7) is 4.52. The Morgan fingerprint density at radius 2 is 1.80 bits per heavy atom. The van der Waals surface area contributed by atoms with E-state index in [4.69, 9.17) is 5.73 Å². The average Bonchev–Trinajstić information content (AvgIpc) is 3.10. The summed E-state index contributed by atoms with van der Waals surface area (Å²) in [6, 6.07) is 9.04. The molecule has 0 saturated carbocycles. The average molecular weight is 382 g/mol. The van der Waals surface area contributed by atoms with Crippen LogP contribution in [0.25, 0.3) is 0 Å². The molecule has 1 aromatic heterocycles. The van der Waals surface area contributed by atoms with E-state index in [1.807, 2.05) is 24.3 Å². The fourth-order valence-corrected chi connectivity index (χ4v) is 4.15. The molecule has 1 atom stereocenters.